The summed E-state index contributed by atoms with van der Waals surface area (Å²) in [6.45, 7) is 0. The van der Waals surface area contributed by atoms with Crippen LogP contribution in [0.5, 0.6) is 0 Å². The van der Waals surface area contributed by atoms with Crippen LogP contribution in [0, 0.1) is 0 Å². The zero-order valence-corrected chi connectivity index (χ0v) is 14.7. The molecule has 4 nitrogen and oxygen atoms in total. The molecule has 3 aromatic rings. The summed E-state index contributed by atoms with van der Waals surface area (Å²) in [5.74, 6) is -0.438. The molecule has 25 heavy (non-hydrogen) atoms. The maximum absolute atomic E-state index is 12.3. The Hall–Kier alpha value is -2.50. The average molecular weight is 371 g/mol. The zero-order valence-electron chi connectivity index (χ0n) is 13.2. The molecular weight excluding hydrogens is 356 g/mol. The van der Waals surface area contributed by atoms with Crippen LogP contribution >= 0.6 is 23.4 Å². The number of halogens is 1. The first kappa shape index (κ1) is 17.3. The Morgan fingerprint density at radius 1 is 0.880 bits per heavy atom. The molecular formula is C19H15ClN2O2S. The van der Waals surface area contributed by atoms with Gasteiger partial charge >= 0.3 is 0 Å². The molecule has 0 aromatic heterocycles. The van der Waals surface area contributed by atoms with E-state index in [1.54, 1.807) is 18.2 Å². The normalized spacial score (nSPS) is 10.4. The molecule has 0 saturated carbocycles. The van der Waals surface area contributed by atoms with Crippen molar-refractivity contribution in [2.45, 2.75) is 4.90 Å². The van der Waals surface area contributed by atoms with Crippen molar-refractivity contribution < 1.29 is 9.59 Å². The minimum absolute atomic E-state index is 0.192. The molecule has 0 bridgehead atoms. The van der Waals surface area contributed by atoms with E-state index < -0.39 is 0 Å². The zero-order chi connectivity index (χ0) is 17.6. The smallest absolute Gasteiger partial charge is 0.270 e. The second kappa shape index (κ2) is 8.05. The lowest BCUT2D eigenvalue weighted by atomic mass is 10.0. The molecule has 2 N–H and O–H groups in total. The summed E-state index contributed by atoms with van der Waals surface area (Å²) < 4.78 is 0. The van der Waals surface area contributed by atoms with Crippen molar-refractivity contribution in [3.05, 3.63) is 77.3 Å². The number of amides is 2. The summed E-state index contributed by atoms with van der Waals surface area (Å²) in [5.41, 5.74) is 5.42. The van der Waals surface area contributed by atoms with Gasteiger partial charge in [0.25, 0.3) is 5.91 Å². The van der Waals surface area contributed by atoms with E-state index in [9.17, 15) is 9.59 Å². The second-order valence-electron chi connectivity index (χ2n) is 5.27. The maximum Gasteiger partial charge on any atom is 0.270 e. The molecule has 3 rings (SSSR count). The number of hydrogen-bond donors (Lipinski definition) is 2. The lowest BCUT2D eigenvalue weighted by molar-refractivity contribution is -0.119. The van der Waals surface area contributed by atoms with Gasteiger partial charge in [0.05, 0.1) is 5.75 Å². The molecule has 0 aliphatic heterocycles. The van der Waals surface area contributed by atoms with E-state index in [1.807, 2.05) is 48.5 Å². The molecule has 0 fully saturated rings. The minimum atomic E-state index is -0.346. The molecule has 126 valence electrons. The molecule has 0 atom stereocenters. The van der Waals surface area contributed by atoms with Crippen LogP contribution in [0.4, 0.5) is 0 Å². The molecule has 3 aromatic carbocycles. The highest BCUT2D eigenvalue weighted by atomic mass is 35.5. The van der Waals surface area contributed by atoms with Gasteiger partial charge in [-0.2, -0.15) is 0 Å². The lowest BCUT2D eigenvalue weighted by Crippen LogP contribution is -2.42. The standard InChI is InChI=1S/C19H15ClN2O2S/c20-14-8-10-15(11-9-14)25-12-18(23)21-22-19(24)17-7-3-5-13-4-1-2-6-16(13)17/h1-11H,12H2,(H,21,23)(H,22,24). The molecule has 0 radical (unpaired) electrons. The number of thioether (sulfide) groups is 1. The second-order valence-corrected chi connectivity index (χ2v) is 6.76. The molecule has 0 spiro atoms. The Morgan fingerprint density at radius 3 is 2.40 bits per heavy atom. The van der Waals surface area contributed by atoms with Crippen molar-refractivity contribution in [1.29, 1.82) is 0 Å². The molecule has 0 aliphatic carbocycles. The Kier molecular flexibility index (Phi) is 5.58. The Morgan fingerprint density at radius 2 is 1.60 bits per heavy atom. The first-order valence-corrected chi connectivity index (χ1v) is 8.95. The van der Waals surface area contributed by atoms with E-state index in [4.69, 9.17) is 11.6 Å². The van der Waals surface area contributed by atoms with E-state index in [2.05, 4.69) is 10.9 Å². The van der Waals surface area contributed by atoms with Crippen molar-refractivity contribution in [3.8, 4) is 0 Å². The summed E-state index contributed by atoms with van der Waals surface area (Å²) in [4.78, 5) is 25.2. The van der Waals surface area contributed by atoms with Crippen molar-refractivity contribution in [2.24, 2.45) is 0 Å². The van der Waals surface area contributed by atoms with Gasteiger partial charge in [0, 0.05) is 15.5 Å². The third-order valence-corrected chi connectivity index (χ3v) is 4.80. The van der Waals surface area contributed by atoms with Crippen LogP contribution in [0.15, 0.2) is 71.6 Å². The highest BCUT2D eigenvalue weighted by Gasteiger charge is 2.10. The van der Waals surface area contributed by atoms with Crippen molar-refractivity contribution in [2.75, 3.05) is 5.75 Å². The molecule has 0 saturated heterocycles. The maximum atomic E-state index is 12.3. The largest absolute Gasteiger partial charge is 0.272 e. The van der Waals surface area contributed by atoms with Crippen LogP contribution in [-0.2, 0) is 4.79 Å². The van der Waals surface area contributed by atoms with Crippen LogP contribution in [0.3, 0.4) is 0 Å². The minimum Gasteiger partial charge on any atom is -0.272 e. The number of carbonyl (C=O) groups excluding carboxylic acids is 2. The van der Waals surface area contributed by atoms with Gasteiger partial charge in [-0.25, -0.2) is 0 Å². The van der Waals surface area contributed by atoms with Crippen LogP contribution in [-0.4, -0.2) is 17.6 Å². The number of hydrogen-bond acceptors (Lipinski definition) is 3. The summed E-state index contributed by atoms with van der Waals surface area (Å²) in [6.07, 6.45) is 0. The summed E-state index contributed by atoms with van der Waals surface area (Å²) in [5, 5.41) is 2.46. The fourth-order valence-electron chi connectivity index (χ4n) is 2.33. The van der Waals surface area contributed by atoms with E-state index in [0.29, 0.717) is 10.6 Å². The lowest BCUT2D eigenvalue weighted by Gasteiger charge is -2.09. The monoisotopic (exact) mass is 370 g/mol. The van der Waals surface area contributed by atoms with Gasteiger partial charge < -0.3 is 0 Å². The SMILES string of the molecule is O=C(CSc1ccc(Cl)cc1)NNC(=O)c1cccc2ccccc12. The number of fused-ring (bicyclic) bond motifs is 1. The first-order chi connectivity index (χ1) is 12.1. The Labute approximate surface area is 154 Å². The molecule has 6 heteroatoms. The molecule has 0 aliphatic rings. The number of hydrazine groups is 1. The third kappa shape index (κ3) is 4.53. The van der Waals surface area contributed by atoms with Crippen molar-refractivity contribution in [3.63, 3.8) is 0 Å². The quantitative estimate of drug-likeness (QED) is 0.538. The summed E-state index contributed by atoms with van der Waals surface area (Å²) in [7, 11) is 0. The highest BCUT2D eigenvalue weighted by molar-refractivity contribution is 8.00. The van der Waals surface area contributed by atoms with Crippen LogP contribution < -0.4 is 10.9 Å². The number of rotatable bonds is 4. The topological polar surface area (TPSA) is 58.2 Å². The van der Waals surface area contributed by atoms with E-state index >= 15 is 0 Å². The van der Waals surface area contributed by atoms with Gasteiger partial charge in [0.15, 0.2) is 0 Å². The van der Waals surface area contributed by atoms with Crippen LogP contribution in [0.25, 0.3) is 10.8 Å². The fraction of sp³-hybridized carbons (Fsp3) is 0.0526. The average Bonchev–Trinajstić information content (AvgIpc) is 2.65. The fourth-order valence-corrected chi connectivity index (χ4v) is 3.16. The molecule has 2 amide bonds. The first-order valence-electron chi connectivity index (χ1n) is 7.59. The van der Waals surface area contributed by atoms with Crippen molar-refractivity contribution >= 4 is 45.9 Å². The van der Waals surface area contributed by atoms with Gasteiger partial charge in [0.2, 0.25) is 5.91 Å². The van der Waals surface area contributed by atoms with Crippen molar-refractivity contribution in [1.82, 2.24) is 10.9 Å². The van der Waals surface area contributed by atoms with Crippen LogP contribution in [0.1, 0.15) is 10.4 Å². The van der Waals surface area contributed by atoms with Gasteiger partial charge in [-0.05, 0) is 41.1 Å². The van der Waals surface area contributed by atoms with Crippen LogP contribution in [0.2, 0.25) is 5.02 Å². The van der Waals surface area contributed by atoms with E-state index in [1.165, 1.54) is 11.8 Å². The van der Waals surface area contributed by atoms with Gasteiger partial charge in [-0.15, -0.1) is 11.8 Å². The molecule has 0 unspecified atom stereocenters. The van der Waals surface area contributed by atoms with E-state index in [-0.39, 0.29) is 17.6 Å². The third-order valence-electron chi connectivity index (χ3n) is 3.53. The number of carbonyl (C=O) groups is 2. The highest BCUT2D eigenvalue weighted by Crippen LogP contribution is 2.20. The van der Waals surface area contributed by atoms with E-state index in [0.717, 1.165) is 15.7 Å². The van der Waals surface area contributed by atoms with Gasteiger partial charge in [-0.1, -0.05) is 48.0 Å². The number of nitrogens with one attached hydrogen (secondary N) is 2. The predicted octanol–water partition coefficient (Wildman–Crippen LogP) is 4.05. The summed E-state index contributed by atoms with van der Waals surface area (Å²) >= 11 is 7.19. The number of benzene rings is 3. The Balaban J connectivity index is 1.56. The van der Waals surface area contributed by atoms with Gasteiger partial charge in [-0.3, -0.25) is 20.4 Å². The van der Waals surface area contributed by atoms with Gasteiger partial charge in [0.1, 0.15) is 0 Å². The predicted molar refractivity (Wildman–Crippen MR) is 102 cm³/mol. The Bertz CT molecular complexity index is 907. The molecule has 0 heterocycles. The summed E-state index contributed by atoms with van der Waals surface area (Å²) in [6, 6.07) is 20.3.